The summed E-state index contributed by atoms with van der Waals surface area (Å²) in [5.41, 5.74) is 25.8. The Balaban J connectivity index is 1.77. The number of H-pyrrole nitrogens is 1. The minimum absolute atomic E-state index is 0.715. The molecular weight excluding hydrogens is 474 g/mol. The van der Waals surface area contributed by atoms with Gasteiger partial charge in [-0.15, -0.1) is 0 Å². The third-order valence-electron chi connectivity index (χ3n) is 7.48. The Morgan fingerprint density at radius 1 is 0.436 bits per heavy atom. The molecule has 1 heterocycles. The number of nitrogen functional groups attached to an aromatic ring is 2. The van der Waals surface area contributed by atoms with Gasteiger partial charge in [0.25, 0.3) is 0 Å². The van der Waals surface area contributed by atoms with Gasteiger partial charge in [-0.05, 0) is 39.9 Å². The number of nitrogens with one attached hydrogen (secondary N) is 1. The second kappa shape index (κ2) is 9.23. The van der Waals surface area contributed by atoms with Gasteiger partial charge in [0.15, 0.2) is 0 Å². The van der Waals surface area contributed by atoms with E-state index in [1.807, 2.05) is 24.3 Å². The summed E-state index contributed by atoms with van der Waals surface area (Å²) in [6.45, 7) is 0. The molecule has 0 aliphatic rings. The number of aromatic amines is 1. The molecule has 186 valence electrons. The van der Waals surface area contributed by atoms with E-state index in [0.717, 1.165) is 72.0 Å². The quantitative estimate of drug-likeness (QED) is 0.210. The Kier molecular flexibility index (Phi) is 5.42. The molecule has 0 bridgehead atoms. The van der Waals surface area contributed by atoms with Gasteiger partial charge in [0.2, 0.25) is 0 Å². The minimum Gasteiger partial charge on any atom is -0.399 e. The number of nitrogens with two attached hydrogens (primary N) is 2. The van der Waals surface area contributed by atoms with E-state index in [0.29, 0.717) is 5.69 Å². The fourth-order valence-corrected chi connectivity index (χ4v) is 5.86. The second-order valence-corrected chi connectivity index (χ2v) is 9.87. The number of anilines is 2. The first-order chi connectivity index (χ1) is 19.2. The highest BCUT2D eigenvalue weighted by Crippen LogP contribution is 2.51. The van der Waals surface area contributed by atoms with Gasteiger partial charge in [-0.2, -0.15) is 0 Å². The minimum atomic E-state index is 0.715. The predicted octanol–water partition coefficient (Wildman–Crippen LogP) is 9.15. The van der Waals surface area contributed by atoms with E-state index in [-0.39, 0.29) is 0 Å². The Bertz CT molecular complexity index is 1940. The smallest absolute Gasteiger partial charge is 0.0572 e. The summed E-state index contributed by atoms with van der Waals surface area (Å²) in [6.07, 6.45) is 0. The van der Waals surface area contributed by atoms with Crippen molar-refractivity contribution in [3.05, 3.63) is 133 Å². The summed E-state index contributed by atoms with van der Waals surface area (Å²) in [4.78, 5) is 3.77. The molecule has 7 aromatic rings. The van der Waals surface area contributed by atoms with E-state index in [4.69, 9.17) is 11.5 Å². The summed E-state index contributed by atoms with van der Waals surface area (Å²) in [5, 5.41) is 2.28. The fraction of sp³-hybridized carbons (Fsp3) is 0. The first-order valence-corrected chi connectivity index (χ1v) is 13.1. The lowest BCUT2D eigenvalue weighted by molar-refractivity contribution is 1.52. The lowest BCUT2D eigenvalue weighted by Crippen LogP contribution is -1.99. The van der Waals surface area contributed by atoms with Crippen LogP contribution in [0.25, 0.3) is 66.3 Å². The van der Waals surface area contributed by atoms with Crippen molar-refractivity contribution >= 4 is 33.2 Å². The number of aromatic nitrogens is 1. The van der Waals surface area contributed by atoms with Gasteiger partial charge in [0.05, 0.1) is 11.2 Å². The summed E-state index contributed by atoms with van der Waals surface area (Å²) >= 11 is 0. The Hall–Kier alpha value is -5.28. The van der Waals surface area contributed by atoms with Crippen molar-refractivity contribution in [1.82, 2.24) is 4.98 Å². The number of fused-ring (bicyclic) bond motifs is 3. The summed E-state index contributed by atoms with van der Waals surface area (Å²) in [7, 11) is 0. The van der Waals surface area contributed by atoms with Crippen molar-refractivity contribution in [2.24, 2.45) is 0 Å². The number of benzene rings is 6. The van der Waals surface area contributed by atoms with Crippen molar-refractivity contribution < 1.29 is 0 Å². The van der Waals surface area contributed by atoms with Crippen LogP contribution in [0, 0.1) is 0 Å². The molecule has 3 heteroatoms. The van der Waals surface area contributed by atoms with Crippen LogP contribution in [0.3, 0.4) is 0 Å². The molecule has 6 aromatic carbocycles. The molecule has 1 aromatic heterocycles. The maximum Gasteiger partial charge on any atom is 0.0572 e. The topological polar surface area (TPSA) is 67.8 Å². The summed E-state index contributed by atoms with van der Waals surface area (Å²) < 4.78 is 0. The molecule has 7 rings (SSSR count). The summed E-state index contributed by atoms with van der Waals surface area (Å²) in [6, 6.07) is 46.0. The zero-order chi connectivity index (χ0) is 26.3. The van der Waals surface area contributed by atoms with E-state index in [2.05, 4.69) is 114 Å². The van der Waals surface area contributed by atoms with Gasteiger partial charge >= 0.3 is 0 Å². The fourth-order valence-electron chi connectivity index (χ4n) is 5.86. The van der Waals surface area contributed by atoms with Crippen LogP contribution in [0.4, 0.5) is 11.4 Å². The lowest BCUT2D eigenvalue weighted by atomic mass is 9.84. The highest BCUT2D eigenvalue weighted by molar-refractivity contribution is 6.27. The van der Waals surface area contributed by atoms with Crippen LogP contribution in [0.1, 0.15) is 0 Å². The van der Waals surface area contributed by atoms with E-state index in [1.54, 1.807) is 0 Å². The SMILES string of the molecule is Nc1cc(-c2ccccc2)c2c(c1)[nH]c1c(-c3ccccc3)c(N)c(-c3ccccc3)c(-c3ccccc3)c12. The predicted molar refractivity (Wildman–Crippen MR) is 166 cm³/mol. The van der Waals surface area contributed by atoms with Crippen LogP contribution in [-0.2, 0) is 0 Å². The molecule has 0 unspecified atom stereocenters. The Morgan fingerprint density at radius 3 is 1.44 bits per heavy atom. The van der Waals surface area contributed by atoms with Gasteiger partial charge in [-0.25, -0.2) is 0 Å². The Morgan fingerprint density at radius 2 is 0.897 bits per heavy atom. The van der Waals surface area contributed by atoms with Gasteiger partial charge < -0.3 is 16.5 Å². The van der Waals surface area contributed by atoms with Crippen molar-refractivity contribution in [2.45, 2.75) is 0 Å². The molecule has 0 radical (unpaired) electrons. The highest BCUT2D eigenvalue weighted by atomic mass is 14.7. The molecule has 0 saturated heterocycles. The average molecular weight is 502 g/mol. The van der Waals surface area contributed by atoms with E-state index in [1.165, 1.54) is 0 Å². The normalized spacial score (nSPS) is 11.3. The molecule has 5 N–H and O–H groups in total. The first kappa shape index (κ1) is 22.9. The van der Waals surface area contributed by atoms with Crippen molar-refractivity contribution in [3.8, 4) is 44.5 Å². The van der Waals surface area contributed by atoms with Crippen LogP contribution in [-0.4, -0.2) is 4.98 Å². The number of hydrogen-bond donors (Lipinski definition) is 3. The first-order valence-electron chi connectivity index (χ1n) is 13.1. The summed E-state index contributed by atoms with van der Waals surface area (Å²) in [5.74, 6) is 0. The molecule has 0 fully saturated rings. The van der Waals surface area contributed by atoms with Gasteiger partial charge in [0.1, 0.15) is 0 Å². The van der Waals surface area contributed by atoms with Crippen LogP contribution in [0.15, 0.2) is 133 Å². The van der Waals surface area contributed by atoms with Crippen molar-refractivity contribution in [3.63, 3.8) is 0 Å². The second-order valence-electron chi connectivity index (χ2n) is 9.87. The molecule has 39 heavy (non-hydrogen) atoms. The molecular formula is C36H27N3. The maximum atomic E-state index is 7.21. The molecule has 0 aliphatic heterocycles. The van der Waals surface area contributed by atoms with Crippen LogP contribution in [0.5, 0.6) is 0 Å². The van der Waals surface area contributed by atoms with Crippen LogP contribution in [0.2, 0.25) is 0 Å². The third kappa shape index (κ3) is 3.75. The zero-order valence-electron chi connectivity index (χ0n) is 21.4. The average Bonchev–Trinajstić information content (AvgIpc) is 3.36. The maximum absolute atomic E-state index is 7.21. The van der Waals surface area contributed by atoms with Gasteiger partial charge in [-0.1, -0.05) is 121 Å². The molecule has 3 nitrogen and oxygen atoms in total. The third-order valence-corrected chi connectivity index (χ3v) is 7.48. The highest BCUT2D eigenvalue weighted by Gasteiger charge is 2.25. The van der Waals surface area contributed by atoms with E-state index < -0.39 is 0 Å². The van der Waals surface area contributed by atoms with Crippen molar-refractivity contribution in [1.29, 1.82) is 0 Å². The monoisotopic (exact) mass is 501 g/mol. The molecule has 0 amide bonds. The number of hydrogen-bond acceptors (Lipinski definition) is 2. The zero-order valence-corrected chi connectivity index (χ0v) is 21.4. The van der Waals surface area contributed by atoms with Crippen molar-refractivity contribution in [2.75, 3.05) is 11.5 Å². The largest absolute Gasteiger partial charge is 0.399 e. The molecule has 0 spiro atoms. The van der Waals surface area contributed by atoms with Crippen LogP contribution >= 0.6 is 0 Å². The molecule has 0 aliphatic carbocycles. The standard InChI is InChI=1S/C36H27N3/c37-27-21-28(23-13-5-1-6-14-23)33-29(22-27)39-36-32(26-19-11-4-12-20-26)35(38)31(25-17-9-3-10-18-25)30(34(33)36)24-15-7-2-8-16-24/h1-22,39H,37-38H2. The van der Waals surface area contributed by atoms with Gasteiger partial charge in [0, 0.05) is 38.7 Å². The Labute approximate surface area is 227 Å². The lowest BCUT2D eigenvalue weighted by Gasteiger charge is -2.20. The molecule has 0 atom stereocenters. The van der Waals surface area contributed by atoms with Gasteiger partial charge in [-0.3, -0.25) is 0 Å². The van der Waals surface area contributed by atoms with E-state index in [9.17, 15) is 0 Å². The molecule has 0 saturated carbocycles. The van der Waals surface area contributed by atoms with E-state index >= 15 is 0 Å². The number of rotatable bonds is 4. The van der Waals surface area contributed by atoms with Crippen LogP contribution < -0.4 is 11.5 Å².